The molecule has 4 aromatic carbocycles. The van der Waals surface area contributed by atoms with Gasteiger partial charge in [-0.15, -0.1) is 0 Å². The summed E-state index contributed by atoms with van der Waals surface area (Å²) < 4.78 is 5.33. The van der Waals surface area contributed by atoms with E-state index >= 15 is 0 Å². The van der Waals surface area contributed by atoms with Crippen LogP contribution < -0.4 is 15.6 Å². The summed E-state index contributed by atoms with van der Waals surface area (Å²) >= 11 is 0. The molecule has 0 saturated heterocycles. The third kappa shape index (κ3) is 4.37. The van der Waals surface area contributed by atoms with Crippen molar-refractivity contribution in [2.75, 3.05) is 6.61 Å². The molecule has 0 aliphatic heterocycles. The highest BCUT2D eigenvalue weighted by atomic mass is 28.3. The zero-order valence-electron chi connectivity index (χ0n) is 17.5. The van der Waals surface area contributed by atoms with Crippen molar-refractivity contribution in [3.63, 3.8) is 0 Å². The third-order valence-electron chi connectivity index (χ3n) is 5.88. The topological polar surface area (TPSA) is 26.3 Å². The molecule has 0 spiro atoms. The van der Waals surface area contributed by atoms with E-state index in [-0.39, 0.29) is 5.97 Å². The minimum atomic E-state index is -2.34. The molecule has 0 atom stereocenters. The summed E-state index contributed by atoms with van der Waals surface area (Å²) in [7, 11) is -2.34. The molecule has 0 aliphatic carbocycles. The number of benzene rings is 4. The van der Waals surface area contributed by atoms with Gasteiger partial charge in [0.05, 0.1) is 6.61 Å². The Bertz CT molecular complexity index is 1130. The lowest BCUT2D eigenvalue weighted by Gasteiger charge is -2.34. The lowest BCUT2D eigenvalue weighted by molar-refractivity contribution is -0.137. The van der Waals surface area contributed by atoms with Crippen molar-refractivity contribution in [3.05, 3.63) is 116 Å². The summed E-state index contributed by atoms with van der Waals surface area (Å²) in [4.78, 5) is 11.6. The van der Waals surface area contributed by atoms with Crippen LogP contribution >= 0.6 is 0 Å². The predicted octanol–water partition coefficient (Wildman–Crippen LogP) is 4.43. The van der Waals surface area contributed by atoms with Gasteiger partial charge in [-0.1, -0.05) is 110 Å². The average Bonchev–Trinajstić information content (AvgIpc) is 2.85. The van der Waals surface area contributed by atoms with E-state index in [0.29, 0.717) is 6.61 Å². The molecule has 0 bridgehead atoms. The van der Waals surface area contributed by atoms with Crippen molar-refractivity contribution in [2.24, 2.45) is 0 Å². The highest BCUT2D eigenvalue weighted by Gasteiger charge is 2.38. The second kappa shape index (κ2) is 9.58. The minimum absolute atomic E-state index is 0.364. The average molecular weight is 423 g/mol. The van der Waals surface area contributed by atoms with Gasteiger partial charge in [0.1, 0.15) is 8.07 Å². The van der Waals surface area contributed by atoms with Gasteiger partial charge in [0.25, 0.3) is 0 Å². The van der Waals surface area contributed by atoms with Crippen LogP contribution in [0.2, 0.25) is 6.04 Å². The van der Waals surface area contributed by atoms with Gasteiger partial charge in [0, 0.05) is 6.08 Å². The molecule has 3 heteroatoms. The fraction of sp³-hybridized carbons (Fsp3) is 0.107. The maximum atomic E-state index is 11.6. The molecule has 0 fully saturated rings. The van der Waals surface area contributed by atoms with Crippen LogP contribution in [0.3, 0.4) is 0 Å². The first kappa shape index (κ1) is 20.8. The second-order valence-electron chi connectivity index (χ2n) is 7.67. The number of esters is 1. The van der Waals surface area contributed by atoms with E-state index in [1.807, 2.05) is 0 Å². The zero-order chi connectivity index (χ0) is 21.5. The summed E-state index contributed by atoms with van der Waals surface area (Å²) in [6, 6.07) is 38.0. The van der Waals surface area contributed by atoms with Crippen LogP contribution in [-0.4, -0.2) is 20.7 Å². The highest BCUT2D eigenvalue weighted by Crippen LogP contribution is 2.19. The molecule has 31 heavy (non-hydrogen) atoms. The minimum Gasteiger partial charge on any atom is -0.463 e. The molecular weight excluding hydrogens is 396 g/mol. The summed E-state index contributed by atoms with van der Waals surface area (Å²) in [6.45, 7) is 3.89. The maximum absolute atomic E-state index is 11.6. The molecule has 0 saturated carbocycles. The van der Waals surface area contributed by atoms with E-state index in [2.05, 4.69) is 110 Å². The Morgan fingerprint density at radius 3 is 1.94 bits per heavy atom. The van der Waals surface area contributed by atoms with E-state index in [4.69, 9.17) is 4.74 Å². The van der Waals surface area contributed by atoms with Crippen molar-refractivity contribution < 1.29 is 9.53 Å². The number of ether oxygens (including phenoxy) is 1. The molecule has 4 rings (SSSR count). The Morgan fingerprint density at radius 1 is 0.742 bits per heavy atom. The smallest absolute Gasteiger partial charge is 0.330 e. The van der Waals surface area contributed by atoms with Crippen LogP contribution in [0.15, 0.2) is 116 Å². The number of hydrogen-bond donors (Lipinski definition) is 0. The molecule has 0 unspecified atom stereocenters. The lowest BCUT2D eigenvalue weighted by Crippen LogP contribution is -2.67. The van der Waals surface area contributed by atoms with Crippen molar-refractivity contribution in [2.45, 2.75) is 12.5 Å². The molecule has 0 radical (unpaired) electrons. The first-order chi connectivity index (χ1) is 15.2. The molecule has 2 nitrogen and oxygen atoms in total. The SMILES string of the molecule is C=CC(=O)OCCC[Si](c1ccccc1)(c1ccccc1)c1ccc2ccccc2c1. The molecule has 4 aromatic rings. The Balaban J connectivity index is 1.86. The predicted molar refractivity (Wildman–Crippen MR) is 132 cm³/mol. The first-order valence-electron chi connectivity index (χ1n) is 10.6. The number of fused-ring (bicyclic) bond motifs is 1. The van der Waals surface area contributed by atoms with Crippen molar-refractivity contribution in [1.82, 2.24) is 0 Å². The van der Waals surface area contributed by atoms with Gasteiger partial charge >= 0.3 is 5.97 Å². The Kier molecular flexibility index (Phi) is 6.44. The fourth-order valence-corrected chi connectivity index (χ4v) is 9.24. The standard InChI is InChI=1S/C28H26O2Si/c1-2-28(29)30-20-11-21-31(25-14-5-3-6-15-25,26-16-7-4-8-17-26)27-19-18-23-12-9-10-13-24(23)22-27/h2-10,12-19,22H,1,11,20-21H2. The number of rotatable bonds is 8. The van der Waals surface area contributed by atoms with E-state index in [0.717, 1.165) is 12.5 Å². The number of carbonyl (C=O) groups is 1. The Labute approximate surface area is 184 Å². The Morgan fingerprint density at radius 2 is 1.32 bits per heavy atom. The molecular formula is C28H26O2Si. The van der Waals surface area contributed by atoms with Gasteiger partial charge in [-0.25, -0.2) is 4.79 Å². The monoisotopic (exact) mass is 422 g/mol. The van der Waals surface area contributed by atoms with Crippen molar-refractivity contribution in [3.8, 4) is 0 Å². The molecule has 0 amide bonds. The molecule has 0 aromatic heterocycles. The largest absolute Gasteiger partial charge is 0.463 e. The quantitative estimate of drug-likeness (QED) is 0.138. The van der Waals surface area contributed by atoms with E-state index < -0.39 is 8.07 Å². The zero-order valence-corrected chi connectivity index (χ0v) is 18.5. The van der Waals surface area contributed by atoms with Gasteiger partial charge in [-0.05, 0) is 38.8 Å². The van der Waals surface area contributed by atoms with Crippen LogP contribution in [-0.2, 0) is 9.53 Å². The molecule has 0 heterocycles. The maximum Gasteiger partial charge on any atom is 0.330 e. The van der Waals surface area contributed by atoms with Gasteiger partial charge < -0.3 is 4.74 Å². The summed E-state index contributed by atoms with van der Waals surface area (Å²) in [6.07, 6.45) is 2.02. The lowest BCUT2D eigenvalue weighted by atomic mass is 10.1. The normalized spacial score (nSPS) is 11.2. The van der Waals surface area contributed by atoms with Crippen LogP contribution in [0.1, 0.15) is 6.42 Å². The fourth-order valence-electron chi connectivity index (χ4n) is 4.40. The highest BCUT2D eigenvalue weighted by molar-refractivity contribution is 7.11. The van der Waals surface area contributed by atoms with Crippen LogP contribution in [0.25, 0.3) is 10.8 Å². The van der Waals surface area contributed by atoms with Crippen molar-refractivity contribution >= 4 is 40.4 Å². The van der Waals surface area contributed by atoms with Gasteiger partial charge in [0.2, 0.25) is 0 Å². The van der Waals surface area contributed by atoms with E-state index in [1.54, 1.807) is 0 Å². The molecule has 154 valence electrons. The third-order valence-corrected chi connectivity index (χ3v) is 10.9. The number of hydrogen-bond acceptors (Lipinski definition) is 2. The van der Waals surface area contributed by atoms with Crippen molar-refractivity contribution in [1.29, 1.82) is 0 Å². The molecule has 0 N–H and O–H groups in total. The van der Waals surface area contributed by atoms with Crippen LogP contribution in [0.5, 0.6) is 0 Å². The first-order valence-corrected chi connectivity index (χ1v) is 12.8. The van der Waals surface area contributed by atoms with Gasteiger partial charge in [-0.3, -0.25) is 0 Å². The number of carbonyl (C=O) groups excluding carboxylic acids is 1. The molecule has 0 aliphatic rings. The summed E-state index contributed by atoms with van der Waals surface area (Å²) in [5.74, 6) is -0.364. The summed E-state index contributed by atoms with van der Waals surface area (Å²) in [5.41, 5.74) is 0. The van der Waals surface area contributed by atoms with Gasteiger partial charge in [0.15, 0.2) is 0 Å². The van der Waals surface area contributed by atoms with E-state index in [9.17, 15) is 4.79 Å². The summed E-state index contributed by atoms with van der Waals surface area (Å²) in [5, 5.41) is 6.61. The van der Waals surface area contributed by atoms with Gasteiger partial charge in [-0.2, -0.15) is 0 Å². The Hall–Kier alpha value is -3.43. The second-order valence-corrected chi connectivity index (χ2v) is 11.7. The van der Waals surface area contributed by atoms with E-state index in [1.165, 1.54) is 32.4 Å². The van der Waals surface area contributed by atoms with Crippen LogP contribution in [0.4, 0.5) is 0 Å². The van der Waals surface area contributed by atoms with Crippen LogP contribution in [0, 0.1) is 0 Å².